The van der Waals surface area contributed by atoms with Gasteiger partial charge in [0, 0.05) is 34.6 Å². The summed E-state index contributed by atoms with van der Waals surface area (Å²) in [4.78, 5) is 25.7. The van der Waals surface area contributed by atoms with Gasteiger partial charge in [-0.2, -0.15) is 0 Å². The van der Waals surface area contributed by atoms with Crippen molar-refractivity contribution in [2.24, 2.45) is 17.8 Å². The number of nitrogens with one attached hydrogen (secondary N) is 1. The van der Waals surface area contributed by atoms with Crippen molar-refractivity contribution >= 4 is 22.4 Å². The number of hydrogen-bond donors (Lipinski definition) is 1. The predicted octanol–water partition coefficient (Wildman–Crippen LogP) is 3.66. The molecule has 2 aliphatic carbocycles. The summed E-state index contributed by atoms with van der Waals surface area (Å²) in [5.41, 5.74) is 0.512. The summed E-state index contributed by atoms with van der Waals surface area (Å²) in [6.07, 6.45) is 6.30. The number of aryl methyl sites for hydroxylation is 1. The fraction of sp³-hybridized carbons (Fsp3) is 0.381. The molecule has 2 heterocycles. The molecular formula is C21H21N3O3. The first-order valence-electron chi connectivity index (χ1n) is 9.49. The maximum absolute atomic E-state index is 12.9. The minimum Gasteiger partial charge on any atom is -0.360 e. The van der Waals surface area contributed by atoms with E-state index in [1.807, 2.05) is 12.1 Å². The molecule has 0 saturated heterocycles. The summed E-state index contributed by atoms with van der Waals surface area (Å²) in [5, 5.41) is 8.29. The highest BCUT2D eigenvalue weighted by Crippen LogP contribution is 2.48. The molecule has 2 bridgehead atoms. The average molecular weight is 363 g/mol. The fourth-order valence-corrected chi connectivity index (χ4v) is 4.83. The van der Waals surface area contributed by atoms with Gasteiger partial charge in [-0.1, -0.05) is 17.6 Å². The molecule has 138 valence electrons. The van der Waals surface area contributed by atoms with Crippen LogP contribution in [0.25, 0.3) is 16.6 Å². The van der Waals surface area contributed by atoms with Gasteiger partial charge in [0.15, 0.2) is 5.82 Å². The largest absolute Gasteiger partial charge is 0.360 e. The zero-order valence-corrected chi connectivity index (χ0v) is 15.1. The number of carbonyl (C=O) groups excluding carboxylic acids is 1. The van der Waals surface area contributed by atoms with Gasteiger partial charge in [-0.15, -0.1) is 0 Å². The standard InChI is InChI=1S/C21H21N3O3/c1-12-9-19(23-27-12)24-8-7-15-16(21(24)26)3-2-4-18(15)22-20(25)17-11-13-5-6-14(17)10-13/h2-4,7-9,13-14,17H,5-6,10-11H2,1H3,(H,22,25). The Bertz CT molecular complexity index is 1100. The van der Waals surface area contributed by atoms with E-state index in [9.17, 15) is 9.59 Å². The number of benzene rings is 1. The number of anilines is 1. The van der Waals surface area contributed by atoms with E-state index in [0.29, 0.717) is 28.6 Å². The molecule has 2 fully saturated rings. The number of nitrogens with zero attached hydrogens (tertiary/aromatic N) is 2. The summed E-state index contributed by atoms with van der Waals surface area (Å²) in [6, 6.07) is 9.00. The highest BCUT2D eigenvalue weighted by molar-refractivity contribution is 6.02. The van der Waals surface area contributed by atoms with Crippen molar-refractivity contribution in [3.05, 3.63) is 52.6 Å². The molecule has 3 atom stereocenters. The van der Waals surface area contributed by atoms with Gasteiger partial charge in [-0.25, -0.2) is 0 Å². The Balaban J connectivity index is 1.49. The number of aromatic nitrogens is 2. The van der Waals surface area contributed by atoms with Gasteiger partial charge >= 0.3 is 0 Å². The first-order chi connectivity index (χ1) is 13.1. The van der Waals surface area contributed by atoms with Crippen LogP contribution in [0.2, 0.25) is 0 Å². The number of rotatable bonds is 3. The van der Waals surface area contributed by atoms with E-state index >= 15 is 0 Å². The van der Waals surface area contributed by atoms with Gasteiger partial charge in [0.05, 0.1) is 0 Å². The van der Waals surface area contributed by atoms with Gasteiger partial charge < -0.3 is 9.84 Å². The molecule has 6 nitrogen and oxygen atoms in total. The summed E-state index contributed by atoms with van der Waals surface area (Å²) in [7, 11) is 0. The maximum Gasteiger partial charge on any atom is 0.264 e. The predicted molar refractivity (Wildman–Crippen MR) is 102 cm³/mol. The second-order valence-corrected chi connectivity index (χ2v) is 7.82. The Morgan fingerprint density at radius 3 is 2.81 bits per heavy atom. The van der Waals surface area contributed by atoms with Crippen LogP contribution in [0.4, 0.5) is 5.69 Å². The third-order valence-electron chi connectivity index (χ3n) is 6.14. The Morgan fingerprint density at radius 2 is 2.11 bits per heavy atom. The molecule has 6 heteroatoms. The number of carbonyl (C=O) groups is 1. The molecule has 2 aromatic heterocycles. The van der Waals surface area contributed by atoms with Gasteiger partial charge in [0.1, 0.15) is 5.76 Å². The SMILES string of the molecule is Cc1cc(-n2ccc3c(NC(=O)C4CC5CCC4C5)cccc3c2=O)no1. The molecule has 2 saturated carbocycles. The van der Waals surface area contributed by atoms with Crippen LogP contribution in [0.5, 0.6) is 0 Å². The molecule has 2 aliphatic rings. The minimum absolute atomic E-state index is 0.0889. The van der Waals surface area contributed by atoms with Crippen molar-refractivity contribution in [1.82, 2.24) is 9.72 Å². The van der Waals surface area contributed by atoms with Crippen molar-refractivity contribution in [2.45, 2.75) is 32.6 Å². The van der Waals surface area contributed by atoms with Crippen LogP contribution < -0.4 is 10.9 Å². The van der Waals surface area contributed by atoms with E-state index in [1.165, 1.54) is 23.8 Å². The number of amides is 1. The molecule has 3 unspecified atom stereocenters. The van der Waals surface area contributed by atoms with Gasteiger partial charge in [0.25, 0.3) is 5.56 Å². The summed E-state index contributed by atoms with van der Waals surface area (Å²) in [6.45, 7) is 1.78. The summed E-state index contributed by atoms with van der Waals surface area (Å²) in [5.74, 6) is 2.54. The molecule has 27 heavy (non-hydrogen) atoms. The lowest BCUT2D eigenvalue weighted by atomic mass is 9.88. The lowest BCUT2D eigenvalue weighted by Crippen LogP contribution is -2.27. The Morgan fingerprint density at radius 1 is 1.22 bits per heavy atom. The molecule has 1 amide bonds. The van der Waals surface area contributed by atoms with Crippen LogP contribution in [0.3, 0.4) is 0 Å². The van der Waals surface area contributed by atoms with Gasteiger partial charge in [-0.3, -0.25) is 14.2 Å². The zero-order valence-electron chi connectivity index (χ0n) is 15.1. The average Bonchev–Trinajstić information content (AvgIpc) is 3.39. The number of pyridine rings is 1. The molecule has 0 radical (unpaired) electrons. The number of hydrogen-bond acceptors (Lipinski definition) is 4. The Kier molecular flexibility index (Phi) is 3.67. The summed E-state index contributed by atoms with van der Waals surface area (Å²) >= 11 is 0. The van der Waals surface area contributed by atoms with Crippen LogP contribution in [0.15, 0.2) is 45.8 Å². The van der Waals surface area contributed by atoms with E-state index in [0.717, 1.165) is 17.7 Å². The minimum atomic E-state index is -0.183. The lowest BCUT2D eigenvalue weighted by Gasteiger charge is -2.21. The quantitative estimate of drug-likeness (QED) is 0.770. The smallest absolute Gasteiger partial charge is 0.264 e. The number of fused-ring (bicyclic) bond motifs is 3. The molecule has 1 N–H and O–H groups in total. The van der Waals surface area contributed by atoms with Crippen LogP contribution in [0.1, 0.15) is 31.4 Å². The van der Waals surface area contributed by atoms with Gasteiger partial charge in [-0.05, 0) is 56.2 Å². The molecule has 0 aliphatic heterocycles. The highest BCUT2D eigenvalue weighted by Gasteiger charge is 2.43. The second-order valence-electron chi connectivity index (χ2n) is 7.82. The third kappa shape index (κ3) is 2.67. The first kappa shape index (κ1) is 16.3. The molecular weight excluding hydrogens is 342 g/mol. The molecule has 1 aromatic carbocycles. The highest BCUT2D eigenvalue weighted by atomic mass is 16.5. The first-order valence-corrected chi connectivity index (χ1v) is 9.49. The van der Waals surface area contributed by atoms with Crippen molar-refractivity contribution in [3.8, 4) is 5.82 Å². The maximum atomic E-state index is 12.9. The van der Waals surface area contributed by atoms with Gasteiger partial charge in [0.2, 0.25) is 5.91 Å². The third-order valence-corrected chi connectivity index (χ3v) is 6.14. The van der Waals surface area contributed by atoms with E-state index in [2.05, 4.69) is 10.5 Å². The van der Waals surface area contributed by atoms with Crippen LogP contribution >= 0.6 is 0 Å². The monoisotopic (exact) mass is 363 g/mol. The van der Waals surface area contributed by atoms with Crippen molar-refractivity contribution in [1.29, 1.82) is 0 Å². The Labute approximate surface area is 156 Å². The lowest BCUT2D eigenvalue weighted by molar-refractivity contribution is -0.121. The normalized spacial score (nSPS) is 23.8. The Hall–Kier alpha value is -2.89. The molecule has 0 spiro atoms. The second kappa shape index (κ2) is 6.08. The molecule has 3 aromatic rings. The summed E-state index contributed by atoms with van der Waals surface area (Å²) < 4.78 is 6.54. The van der Waals surface area contributed by atoms with E-state index in [-0.39, 0.29) is 17.4 Å². The van der Waals surface area contributed by atoms with Crippen LogP contribution in [-0.4, -0.2) is 15.6 Å². The fourth-order valence-electron chi connectivity index (χ4n) is 4.83. The van der Waals surface area contributed by atoms with Crippen molar-refractivity contribution in [2.75, 3.05) is 5.32 Å². The molecule has 5 rings (SSSR count). The topological polar surface area (TPSA) is 77.1 Å². The van der Waals surface area contributed by atoms with E-state index < -0.39 is 0 Å². The van der Waals surface area contributed by atoms with Crippen molar-refractivity contribution < 1.29 is 9.32 Å². The van der Waals surface area contributed by atoms with Crippen LogP contribution in [0, 0.1) is 24.7 Å². The van der Waals surface area contributed by atoms with Crippen molar-refractivity contribution in [3.63, 3.8) is 0 Å². The zero-order chi connectivity index (χ0) is 18.5. The van der Waals surface area contributed by atoms with E-state index in [1.54, 1.807) is 31.3 Å². The van der Waals surface area contributed by atoms with E-state index in [4.69, 9.17) is 4.52 Å². The van der Waals surface area contributed by atoms with Crippen LogP contribution in [-0.2, 0) is 4.79 Å².